The van der Waals surface area contributed by atoms with Crippen LogP contribution in [0.5, 0.6) is 0 Å². The molecule has 0 aliphatic heterocycles. The third-order valence-corrected chi connectivity index (χ3v) is 2.43. The van der Waals surface area contributed by atoms with Crippen molar-refractivity contribution in [2.24, 2.45) is 0 Å². The van der Waals surface area contributed by atoms with Crippen molar-refractivity contribution in [2.45, 2.75) is 6.92 Å². The summed E-state index contributed by atoms with van der Waals surface area (Å²) < 4.78 is 13.3. The Labute approximate surface area is 105 Å². The van der Waals surface area contributed by atoms with Gasteiger partial charge in [-0.3, -0.25) is 0 Å². The molecule has 92 valence electrons. The lowest BCUT2D eigenvalue weighted by atomic mass is 10.2. The molecule has 2 rings (SSSR count). The van der Waals surface area contributed by atoms with E-state index >= 15 is 0 Å². The van der Waals surface area contributed by atoms with Gasteiger partial charge < -0.3 is 10.6 Å². The van der Waals surface area contributed by atoms with Gasteiger partial charge in [0.15, 0.2) is 0 Å². The smallest absolute Gasteiger partial charge is 0.308 e. The van der Waals surface area contributed by atoms with Crippen molar-refractivity contribution in [3.05, 3.63) is 59.9 Å². The summed E-state index contributed by atoms with van der Waals surface area (Å²) in [5.74, 6) is -0.462. The lowest BCUT2D eigenvalue weighted by molar-refractivity contribution is 0.262. The number of urea groups is 1. The van der Waals surface area contributed by atoms with Crippen molar-refractivity contribution in [2.75, 3.05) is 10.6 Å². The molecule has 0 heterocycles. The number of benzene rings is 2. The number of anilines is 2. The molecule has 0 bridgehead atoms. The van der Waals surface area contributed by atoms with Crippen LogP contribution in [0.3, 0.4) is 0 Å². The highest BCUT2D eigenvalue weighted by atomic mass is 19.1. The molecule has 2 amide bonds. The molecule has 4 heteroatoms. The molecule has 0 aliphatic carbocycles. The van der Waals surface area contributed by atoms with E-state index in [9.17, 15) is 9.18 Å². The minimum atomic E-state index is -0.469. The van der Waals surface area contributed by atoms with Gasteiger partial charge in [-0.25, -0.2) is 9.18 Å². The number of amides is 2. The van der Waals surface area contributed by atoms with E-state index in [1.165, 1.54) is 12.1 Å². The number of aryl methyl sites for hydroxylation is 1. The summed E-state index contributed by atoms with van der Waals surface area (Å²) >= 11 is 0. The molecule has 0 aliphatic rings. The number of para-hydroxylation sites is 1. The lowest BCUT2D eigenvalue weighted by Gasteiger charge is -2.08. The molecule has 2 aromatic rings. The van der Waals surface area contributed by atoms with Gasteiger partial charge in [0.2, 0.25) is 0 Å². The first-order chi connectivity index (χ1) is 8.65. The number of hydrogen-bond donors (Lipinski definition) is 2. The standard InChI is InChI=1S/C14H13FN2O/c1-10-6-8-11(9-7-10)16-14(18)17-13-5-3-2-4-12(13)15/h2-9H,1H3,(H2,16,17,18). The second kappa shape index (κ2) is 5.31. The summed E-state index contributed by atoms with van der Waals surface area (Å²) in [5, 5.41) is 5.08. The van der Waals surface area contributed by atoms with Crippen LogP contribution < -0.4 is 10.6 Å². The Hall–Kier alpha value is -2.36. The van der Waals surface area contributed by atoms with Crippen molar-refractivity contribution >= 4 is 17.4 Å². The molecule has 0 spiro atoms. The molecule has 18 heavy (non-hydrogen) atoms. The molecule has 0 fully saturated rings. The van der Waals surface area contributed by atoms with Crippen LogP contribution >= 0.6 is 0 Å². The van der Waals surface area contributed by atoms with E-state index < -0.39 is 11.8 Å². The fourth-order valence-corrected chi connectivity index (χ4v) is 1.48. The van der Waals surface area contributed by atoms with Crippen LogP contribution in [0.4, 0.5) is 20.6 Å². The average Bonchev–Trinajstić information content (AvgIpc) is 2.35. The predicted molar refractivity (Wildman–Crippen MR) is 70.2 cm³/mol. The van der Waals surface area contributed by atoms with Crippen molar-refractivity contribution in [3.63, 3.8) is 0 Å². The van der Waals surface area contributed by atoms with Gasteiger partial charge in [-0.15, -0.1) is 0 Å². The van der Waals surface area contributed by atoms with Crippen LogP contribution in [0.15, 0.2) is 48.5 Å². The van der Waals surface area contributed by atoms with Gasteiger partial charge in [-0.1, -0.05) is 29.8 Å². The SMILES string of the molecule is Cc1ccc(NC(=O)Nc2ccccc2F)cc1. The van der Waals surface area contributed by atoms with Gasteiger partial charge in [0, 0.05) is 5.69 Å². The van der Waals surface area contributed by atoms with Gasteiger partial charge in [0.25, 0.3) is 0 Å². The third kappa shape index (κ3) is 3.07. The first-order valence-corrected chi connectivity index (χ1v) is 5.54. The largest absolute Gasteiger partial charge is 0.323 e. The Morgan fingerprint density at radius 3 is 2.33 bits per heavy atom. The van der Waals surface area contributed by atoms with Crippen LogP contribution in [0.1, 0.15) is 5.56 Å². The summed E-state index contributed by atoms with van der Waals surface area (Å²) in [5.41, 5.74) is 1.92. The average molecular weight is 244 g/mol. The van der Waals surface area contributed by atoms with Crippen molar-refractivity contribution in [1.82, 2.24) is 0 Å². The highest BCUT2D eigenvalue weighted by Crippen LogP contribution is 2.13. The second-order valence-electron chi connectivity index (χ2n) is 3.92. The van der Waals surface area contributed by atoms with E-state index in [0.29, 0.717) is 5.69 Å². The zero-order valence-electron chi connectivity index (χ0n) is 9.91. The summed E-state index contributed by atoms with van der Waals surface area (Å²) in [6.45, 7) is 1.96. The normalized spacial score (nSPS) is 9.89. The van der Waals surface area contributed by atoms with E-state index in [4.69, 9.17) is 0 Å². The number of hydrogen-bond acceptors (Lipinski definition) is 1. The quantitative estimate of drug-likeness (QED) is 0.829. The first-order valence-electron chi connectivity index (χ1n) is 5.54. The molecule has 0 saturated heterocycles. The molecule has 2 N–H and O–H groups in total. The maximum Gasteiger partial charge on any atom is 0.323 e. The molecular formula is C14H13FN2O. The van der Waals surface area contributed by atoms with Crippen LogP contribution in [-0.4, -0.2) is 6.03 Å². The predicted octanol–water partition coefficient (Wildman–Crippen LogP) is 3.78. The Morgan fingerprint density at radius 1 is 1.00 bits per heavy atom. The Kier molecular flexibility index (Phi) is 3.57. The zero-order valence-corrected chi connectivity index (χ0v) is 9.91. The summed E-state index contributed by atoms with van der Waals surface area (Å²) in [6.07, 6.45) is 0. The molecular weight excluding hydrogens is 231 g/mol. The molecule has 0 unspecified atom stereocenters. The third-order valence-electron chi connectivity index (χ3n) is 2.43. The fraction of sp³-hybridized carbons (Fsp3) is 0.0714. The van der Waals surface area contributed by atoms with Gasteiger partial charge in [-0.2, -0.15) is 0 Å². The molecule has 0 aromatic heterocycles. The van der Waals surface area contributed by atoms with Gasteiger partial charge >= 0.3 is 6.03 Å². The van der Waals surface area contributed by atoms with E-state index in [2.05, 4.69) is 10.6 Å². The monoisotopic (exact) mass is 244 g/mol. The Balaban J connectivity index is 2.01. The number of nitrogens with one attached hydrogen (secondary N) is 2. The van der Waals surface area contributed by atoms with E-state index in [0.717, 1.165) is 5.56 Å². The summed E-state index contributed by atoms with van der Waals surface area (Å²) in [6, 6.07) is 12.9. The topological polar surface area (TPSA) is 41.1 Å². The van der Waals surface area contributed by atoms with E-state index in [-0.39, 0.29) is 5.69 Å². The van der Waals surface area contributed by atoms with E-state index in [1.807, 2.05) is 19.1 Å². The van der Waals surface area contributed by atoms with Crippen LogP contribution in [0, 0.1) is 12.7 Å². The summed E-state index contributed by atoms with van der Waals surface area (Å²) in [4.78, 5) is 11.6. The molecule has 3 nitrogen and oxygen atoms in total. The maximum atomic E-state index is 13.3. The zero-order chi connectivity index (χ0) is 13.0. The minimum Gasteiger partial charge on any atom is -0.308 e. The number of rotatable bonds is 2. The Bertz CT molecular complexity index is 552. The van der Waals surface area contributed by atoms with Crippen LogP contribution in [0.2, 0.25) is 0 Å². The number of carbonyl (C=O) groups excluding carboxylic acids is 1. The van der Waals surface area contributed by atoms with Crippen LogP contribution in [0.25, 0.3) is 0 Å². The van der Waals surface area contributed by atoms with Crippen LogP contribution in [-0.2, 0) is 0 Å². The molecule has 2 aromatic carbocycles. The number of halogens is 1. The van der Waals surface area contributed by atoms with E-state index in [1.54, 1.807) is 24.3 Å². The molecule has 0 radical (unpaired) electrons. The van der Waals surface area contributed by atoms with Gasteiger partial charge in [0.1, 0.15) is 5.82 Å². The summed E-state index contributed by atoms with van der Waals surface area (Å²) in [7, 11) is 0. The highest BCUT2D eigenvalue weighted by molar-refractivity contribution is 5.99. The second-order valence-corrected chi connectivity index (χ2v) is 3.92. The van der Waals surface area contributed by atoms with Gasteiger partial charge in [-0.05, 0) is 31.2 Å². The van der Waals surface area contributed by atoms with Crippen molar-refractivity contribution < 1.29 is 9.18 Å². The lowest BCUT2D eigenvalue weighted by Crippen LogP contribution is -2.20. The maximum absolute atomic E-state index is 13.3. The minimum absolute atomic E-state index is 0.155. The Morgan fingerprint density at radius 2 is 1.67 bits per heavy atom. The van der Waals surface area contributed by atoms with Gasteiger partial charge in [0.05, 0.1) is 5.69 Å². The first kappa shape index (κ1) is 12.1. The van der Waals surface area contributed by atoms with Crippen molar-refractivity contribution in [1.29, 1.82) is 0 Å². The fourth-order valence-electron chi connectivity index (χ4n) is 1.48. The molecule has 0 atom stereocenters. The van der Waals surface area contributed by atoms with Crippen molar-refractivity contribution in [3.8, 4) is 0 Å². The number of carbonyl (C=O) groups is 1. The molecule has 0 saturated carbocycles. The highest BCUT2D eigenvalue weighted by Gasteiger charge is 2.05.